The number of rotatable bonds is 0. The van der Waals surface area contributed by atoms with Crippen LogP contribution in [0.15, 0.2) is 0 Å². The molecule has 0 unspecified atom stereocenters. The van der Waals surface area contributed by atoms with E-state index < -0.39 is 0 Å². The molecule has 0 radical (unpaired) electrons. The molecule has 0 aromatic carbocycles. The summed E-state index contributed by atoms with van der Waals surface area (Å²) in [5.74, 6) is 0. The molecular weight excluding hydrogens is 64.0 g/mol. The smallest absolute Gasteiger partial charge is 0.0711 e. The second-order valence-corrected chi connectivity index (χ2v) is 0.500. The molecule has 2 nitrogen and oxygen atoms in total. The largest absolute Gasteiger partial charge is 0.512 e. The minimum absolute atomic E-state index is 1.00. The molecule has 0 aliphatic carbocycles. The fourth-order valence-electron chi connectivity index (χ4n) is 0. The summed E-state index contributed by atoms with van der Waals surface area (Å²) in [6.07, 6.45) is 0. The van der Waals surface area contributed by atoms with Gasteiger partial charge in [-0.25, -0.2) is 0 Å². The van der Waals surface area contributed by atoms with Gasteiger partial charge in [-0.2, -0.15) is 0 Å². The topological polar surface area (TPSA) is 51.4 Å². The maximum absolute atomic E-state index is 6.25. The Kier molecular flexibility index (Phi) is 180. The molecule has 0 aromatic rings. The number of hydrogen-bond acceptors (Lipinski definition) is 1. The van der Waals surface area contributed by atoms with E-state index in [2.05, 4.69) is 5.73 Å². The molecule has 0 heterocycles. The molecule has 2 heteroatoms. The van der Waals surface area contributed by atoms with E-state index in [1.165, 1.54) is 0 Å². The van der Waals surface area contributed by atoms with Crippen LogP contribution in [-0.4, -0.2) is 6.54 Å². The molecule has 0 spiro atoms. The summed E-state index contributed by atoms with van der Waals surface area (Å²) >= 11 is 0. The van der Waals surface area contributed by atoms with Crippen LogP contribution in [0.4, 0.5) is 0 Å². The van der Waals surface area contributed by atoms with Crippen molar-refractivity contribution in [1.82, 2.24) is 0 Å². The van der Waals surface area contributed by atoms with Crippen molar-refractivity contribution < 1.29 is 5.73 Å². The summed E-state index contributed by atoms with van der Waals surface area (Å²) in [5, 5.41) is 6.25. The van der Waals surface area contributed by atoms with Crippen molar-refractivity contribution in [3.8, 4) is 0 Å². The minimum atomic E-state index is 1.00. The molecule has 0 atom stereocenters. The third-order valence-electron chi connectivity index (χ3n) is 0. The van der Waals surface area contributed by atoms with Crippen LogP contribution in [0.25, 0.3) is 0 Å². The van der Waals surface area contributed by atoms with Crippen molar-refractivity contribution in [2.75, 3.05) is 6.54 Å². The Morgan fingerprint density at radius 2 is 1.80 bits per heavy atom. The van der Waals surface area contributed by atoms with Gasteiger partial charge in [-0.05, 0) is 6.92 Å². The van der Waals surface area contributed by atoms with Gasteiger partial charge in [-0.1, -0.05) is 0 Å². The number of quaternary nitrogens is 1. The average Bonchev–Trinajstić information content (AvgIpc) is 1.46. The lowest BCUT2D eigenvalue weighted by molar-refractivity contribution is -0.361. The third kappa shape index (κ3) is 24.0. The SMILES string of the molecule is CC[NH3+].[C-]#N. The normalized spacial score (nSPS) is 4.00. The monoisotopic (exact) mass is 72.1 g/mol. The summed E-state index contributed by atoms with van der Waals surface area (Å²) in [6, 6.07) is 0. The first-order valence-corrected chi connectivity index (χ1v) is 1.43. The summed E-state index contributed by atoms with van der Waals surface area (Å²) in [6.45, 7) is 7.76. The molecule has 3 N–H and O–H groups in total. The van der Waals surface area contributed by atoms with Crippen LogP contribution in [0.2, 0.25) is 0 Å². The van der Waals surface area contributed by atoms with Gasteiger partial charge in [0.2, 0.25) is 0 Å². The second-order valence-electron chi connectivity index (χ2n) is 0.500. The minimum Gasteiger partial charge on any atom is -0.512 e. The molecule has 0 aliphatic rings. The van der Waals surface area contributed by atoms with E-state index in [0.717, 1.165) is 6.54 Å². The van der Waals surface area contributed by atoms with Crippen molar-refractivity contribution in [2.45, 2.75) is 6.92 Å². The van der Waals surface area contributed by atoms with Crippen LogP contribution in [-0.2, 0) is 0 Å². The van der Waals surface area contributed by atoms with Crippen LogP contribution in [0.3, 0.4) is 0 Å². The van der Waals surface area contributed by atoms with Crippen molar-refractivity contribution >= 4 is 0 Å². The quantitative estimate of drug-likeness (QED) is 0.380. The molecule has 0 fully saturated rings. The molecule has 5 heavy (non-hydrogen) atoms. The van der Waals surface area contributed by atoms with Crippen molar-refractivity contribution in [1.29, 1.82) is 5.26 Å². The van der Waals surface area contributed by atoms with Crippen LogP contribution in [0.1, 0.15) is 6.92 Å². The van der Waals surface area contributed by atoms with E-state index in [9.17, 15) is 0 Å². The van der Waals surface area contributed by atoms with Crippen LogP contribution in [0, 0.1) is 11.8 Å². The standard InChI is InChI=1S/C2H7N.CN/c1-2-3;1-2/h2-3H2,1H3;/q;-1/p+1. The number of nitrogens with zero attached hydrogens (tertiary/aromatic N) is 1. The molecule has 0 aromatic heterocycles. The molecule has 0 bridgehead atoms. The zero-order chi connectivity index (χ0) is 4.71. The second kappa shape index (κ2) is 102. The lowest BCUT2D eigenvalue weighted by Crippen LogP contribution is -2.48. The van der Waals surface area contributed by atoms with Gasteiger partial charge in [0.05, 0.1) is 6.54 Å². The Morgan fingerprint density at radius 3 is 1.80 bits per heavy atom. The predicted molar refractivity (Wildman–Crippen MR) is 18.4 cm³/mol. The summed E-state index contributed by atoms with van der Waals surface area (Å²) in [4.78, 5) is 0. The maximum Gasteiger partial charge on any atom is 0.0711 e. The summed E-state index contributed by atoms with van der Waals surface area (Å²) < 4.78 is 0. The first-order valence-electron chi connectivity index (χ1n) is 1.43. The van der Waals surface area contributed by atoms with E-state index in [1.807, 2.05) is 6.92 Å². The van der Waals surface area contributed by atoms with E-state index in [1.54, 1.807) is 0 Å². The Hall–Kier alpha value is -0.550. The zero-order valence-corrected chi connectivity index (χ0v) is 3.36. The van der Waals surface area contributed by atoms with Crippen molar-refractivity contribution in [3.05, 3.63) is 6.57 Å². The van der Waals surface area contributed by atoms with Gasteiger partial charge in [0.15, 0.2) is 0 Å². The highest BCUT2D eigenvalue weighted by Gasteiger charge is 1.37. The highest BCUT2D eigenvalue weighted by Crippen LogP contribution is 1.13. The summed E-state index contributed by atoms with van der Waals surface area (Å²) in [5.41, 5.74) is 3.49. The average molecular weight is 72.1 g/mol. The molecule has 0 rings (SSSR count). The first-order chi connectivity index (χ1) is 2.41. The lowest BCUT2D eigenvalue weighted by atomic mass is 10.8. The van der Waals surface area contributed by atoms with E-state index >= 15 is 0 Å². The van der Waals surface area contributed by atoms with Crippen LogP contribution >= 0.6 is 0 Å². The van der Waals surface area contributed by atoms with Crippen molar-refractivity contribution in [2.24, 2.45) is 0 Å². The van der Waals surface area contributed by atoms with Gasteiger partial charge in [-0.15, -0.1) is 0 Å². The molecule has 0 aliphatic heterocycles. The Bertz CT molecular complexity index is 16.1. The molecule has 0 amide bonds. The Morgan fingerprint density at radius 1 is 1.80 bits per heavy atom. The first kappa shape index (κ1) is 8.82. The fourth-order valence-corrected chi connectivity index (χ4v) is 0. The fraction of sp³-hybridized carbons (Fsp3) is 0.667. The summed E-state index contributed by atoms with van der Waals surface area (Å²) in [7, 11) is 0. The van der Waals surface area contributed by atoms with E-state index in [4.69, 9.17) is 11.8 Å². The molecule has 0 saturated carbocycles. The maximum atomic E-state index is 6.25. The Balaban J connectivity index is 0. The van der Waals surface area contributed by atoms with Gasteiger partial charge < -0.3 is 17.6 Å². The molecule has 0 saturated heterocycles. The van der Waals surface area contributed by atoms with Crippen molar-refractivity contribution in [3.63, 3.8) is 0 Å². The van der Waals surface area contributed by atoms with E-state index in [0.29, 0.717) is 0 Å². The Labute approximate surface area is 32.2 Å². The number of hydrogen-bond donors (Lipinski definition) is 1. The van der Waals surface area contributed by atoms with Crippen LogP contribution < -0.4 is 5.73 Å². The third-order valence-corrected chi connectivity index (χ3v) is 0. The highest BCUT2D eigenvalue weighted by atomic mass is 14.5. The van der Waals surface area contributed by atoms with Gasteiger partial charge in [0.25, 0.3) is 0 Å². The van der Waals surface area contributed by atoms with Gasteiger partial charge in [0.1, 0.15) is 0 Å². The lowest BCUT2D eigenvalue weighted by Gasteiger charge is -1.49. The van der Waals surface area contributed by atoms with Gasteiger partial charge in [-0.3, -0.25) is 0 Å². The molecule has 30 valence electrons. The predicted octanol–water partition coefficient (Wildman–Crippen LogP) is -0.655. The molecular formula is C3H8N2. The highest BCUT2D eigenvalue weighted by molar-refractivity contribution is 3.79. The zero-order valence-electron chi connectivity index (χ0n) is 3.36. The van der Waals surface area contributed by atoms with Gasteiger partial charge >= 0.3 is 0 Å². The van der Waals surface area contributed by atoms with Crippen LogP contribution in [0.5, 0.6) is 0 Å². The van der Waals surface area contributed by atoms with Gasteiger partial charge in [0, 0.05) is 0 Å². The van der Waals surface area contributed by atoms with E-state index in [-0.39, 0.29) is 0 Å².